The number of benzene rings is 2. The van der Waals surface area contributed by atoms with Gasteiger partial charge in [0.25, 0.3) is 0 Å². The van der Waals surface area contributed by atoms with Crippen LogP contribution in [0.25, 0.3) is 0 Å². The molecule has 164 valence electrons. The number of aliphatic hydroxyl groups is 2. The highest BCUT2D eigenvalue weighted by Gasteiger charge is 2.41. The van der Waals surface area contributed by atoms with E-state index in [4.69, 9.17) is 27.9 Å². The van der Waals surface area contributed by atoms with Crippen molar-refractivity contribution in [3.05, 3.63) is 63.7 Å². The van der Waals surface area contributed by atoms with Crippen molar-refractivity contribution in [3.8, 4) is 5.75 Å². The van der Waals surface area contributed by atoms with Crippen molar-refractivity contribution in [3.63, 3.8) is 0 Å². The molecule has 2 aromatic carbocycles. The fourth-order valence-corrected chi connectivity index (χ4v) is 4.83. The second kappa shape index (κ2) is 9.27. The van der Waals surface area contributed by atoms with Gasteiger partial charge in [0.2, 0.25) is 0 Å². The van der Waals surface area contributed by atoms with E-state index in [-0.39, 0.29) is 35.7 Å². The van der Waals surface area contributed by atoms with Crippen LogP contribution in [-0.4, -0.2) is 70.8 Å². The van der Waals surface area contributed by atoms with Gasteiger partial charge in [-0.25, -0.2) is 0 Å². The molecule has 4 rings (SSSR count). The molecule has 6 nitrogen and oxygen atoms in total. The topological polar surface area (TPSA) is 87.1 Å². The number of alkyl halides is 2. The van der Waals surface area contributed by atoms with Crippen molar-refractivity contribution < 1.29 is 24.5 Å². The molecule has 2 aliphatic rings. The second-order valence-corrected chi connectivity index (χ2v) is 8.43. The third kappa shape index (κ3) is 3.99. The molecule has 0 fully saturated rings. The van der Waals surface area contributed by atoms with Crippen LogP contribution in [0.4, 0.5) is 0 Å². The Balaban J connectivity index is 1.71. The number of carbonyl (C=O) groups excluding carboxylic acids is 2. The molecule has 0 aromatic heterocycles. The number of hydrogen-bond donors (Lipinski definition) is 2. The molecule has 0 heterocycles. The van der Waals surface area contributed by atoms with E-state index >= 15 is 0 Å². The highest BCUT2D eigenvalue weighted by Crippen LogP contribution is 2.44. The smallest absolute Gasteiger partial charge is 0.194 e. The lowest BCUT2D eigenvalue weighted by Crippen LogP contribution is -2.32. The maximum Gasteiger partial charge on any atom is 0.194 e. The van der Waals surface area contributed by atoms with Crippen molar-refractivity contribution in [2.24, 2.45) is 0 Å². The van der Waals surface area contributed by atoms with Crippen LogP contribution < -0.4 is 4.74 Å². The number of hydrogen-bond acceptors (Lipinski definition) is 6. The maximum absolute atomic E-state index is 13.2. The fourth-order valence-electron chi connectivity index (χ4n) is 4.35. The van der Waals surface area contributed by atoms with E-state index in [1.165, 1.54) is 6.07 Å². The normalized spacial score (nSPS) is 19.4. The highest BCUT2D eigenvalue weighted by molar-refractivity contribution is 6.29. The van der Waals surface area contributed by atoms with Gasteiger partial charge in [-0.15, -0.1) is 23.2 Å². The van der Waals surface area contributed by atoms with E-state index in [0.717, 1.165) is 0 Å². The van der Waals surface area contributed by atoms with Gasteiger partial charge in [0.1, 0.15) is 18.5 Å². The Morgan fingerprint density at radius 2 is 1.61 bits per heavy atom. The van der Waals surface area contributed by atoms with Crippen LogP contribution in [0.1, 0.15) is 49.1 Å². The third-order valence-electron chi connectivity index (χ3n) is 5.87. The zero-order valence-corrected chi connectivity index (χ0v) is 18.3. The quantitative estimate of drug-likeness (QED) is 0.499. The molecule has 2 aliphatic carbocycles. The summed E-state index contributed by atoms with van der Waals surface area (Å²) in [6, 6.07) is 8.21. The number of carbonyl (C=O) groups is 2. The first kappa shape index (κ1) is 22.2. The van der Waals surface area contributed by atoms with Gasteiger partial charge < -0.3 is 14.9 Å². The Morgan fingerprint density at radius 1 is 0.968 bits per heavy atom. The molecule has 2 aromatic rings. The van der Waals surface area contributed by atoms with E-state index < -0.39 is 12.2 Å². The van der Waals surface area contributed by atoms with Crippen molar-refractivity contribution >= 4 is 34.8 Å². The van der Waals surface area contributed by atoms with E-state index in [1.54, 1.807) is 24.3 Å². The Bertz CT molecular complexity index is 1020. The predicted octanol–water partition coefficient (Wildman–Crippen LogP) is 2.57. The Hall–Kier alpha value is -1.96. The largest absolute Gasteiger partial charge is 0.492 e. The van der Waals surface area contributed by atoms with Crippen LogP contribution in [0.2, 0.25) is 0 Å². The summed E-state index contributed by atoms with van der Waals surface area (Å²) in [4.78, 5) is 28.4. The Labute approximate surface area is 190 Å². The molecule has 31 heavy (non-hydrogen) atoms. The van der Waals surface area contributed by atoms with Gasteiger partial charge in [-0.3, -0.25) is 14.5 Å². The van der Waals surface area contributed by atoms with Gasteiger partial charge >= 0.3 is 0 Å². The lowest BCUT2D eigenvalue weighted by Gasteiger charge is -2.24. The summed E-state index contributed by atoms with van der Waals surface area (Å²) in [7, 11) is 0. The van der Waals surface area contributed by atoms with Crippen LogP contribution in [0.3, 0.4) is 0 Å². The number of rotatable bonds is 8. The molecule has 0 spiro atoms. The predicted molar refractivity (Wildman–Crippen MR) is 118 cm³/mol. The molecular formula is C23H23Cl2NO5. The van der Waals surface area contributed by atoms with Gasteiger partial charge in [0.05, 0.1) is 6.10 Å². The van der Waals surface area contributed by atoms with Crippen LogP contribution in [0.5, 0.6) is 5.75 Å². The van der Waals surface area contributed by atoms with E-state index in [9.17, 15) is 19.8 Å². The Morgan fingerprint density at radius 3 is 2.26 bits per heavy atom. The molecule has 2 atom stereocenters. The maximum atomic E-state index is 13.2. The number of ether oxygens (including phenoxy) is 1. The number of ketones is 2. The number of halogens is 2. The molecule has 8 heteroatoms. The van der Waals surface area contributed by atoms with Gasteiger partial charge in [-0.2, -0.15) is 0 Å². The average Bonchev–Trinajstić information content (AvgIpc) is 3.06. The summed E-state index contributed by atoms with van der Waals surface area (Å²) in [6.07, 6.45) is -2.16. The summed E-state index contributed by atoms with van der Waals surface area (Å²) in [5.41, 5.74) is 2.06. The number of fused-ring (bicyclic) bond motifs is 4. The third-order valence-corrected chi connectivity index (χ3v) is 6.20. The molecule has 0 saturated heterocycles. The molecule has 2 N–H and O–H groups in total. The number of aliphatic hydroxyl groups excluding tert-OH is 2. The van der Waals surface area contributed by atoms with E-state index in [0.29, 0.717) is 59.4 Å². The highest BCUT2D eigenvalue weighted by atomic mass is 35.5. The summed E-state index contributed by atoms with van der Waals surface area (Å²) >= 11 is 11.7. The second-order valence-electron chi connectivity index (χ2n) is 7.68. The minimum absolute atomic E-state index is 0.0852. The molecule has 0 saturated carbocycles. The standard InChI is InChI=1S/C23H23Cl2NO5/c24-5-7-26(8-6-25)9-10-31-18-12-16-19(15-11-17(27)23(30)20(15)18)22(29)14-4-2-1-3-13(14)21(16)28/h1-4,12,17,23,27,30H,5-11H2. The number of nitrogens with zero attached hydrogens (tertiary/aromatic N) is 1. The molecular weight excluding hydrogens is 441 g/mol. The SMILES string of the molecule is O=C1c2ccccc2C(=O)c2c1cc(OCCN(CCCl)CCCl)c1c2CC(O)C1O. The Kier molecular flexibility index (Phi) is 6.65. The molecule has 0 amide bonds. The first-order valence-electron chi connectivity index (χ1n) is 10.2. The van der Waals surface area contributed by atoms with Gasteiger partial charge in [-0.05, 0) is 11.6 Å². The summed E-state index contributed by atoms with van der Waals surface area (Å²) in [6.45, 7) is 2.15. The zero-order valence-electron chi connectivity index (χ0n) is 16.8. The minimum Gasteiger partial charge on any atom is -0.492 e. The van der Waals surface area contributed by atoms with Gasteiger partial charge in [0.15, 0.2) is 11.6 Å². The summed E-state index contributed by atoms with van der Waals surface area (Å²) < 4.78 is 5.97. The van der Waals surface area contributed by atoms with Crippen molar-refractivity contribution in [2.75, 3.05) is 38.0 Å². The zero-order chi connectivity index (χ0) is 22.1. The van der Waals surface area contributed by atoms with Gasteiger partial charge in [0, 0.05) is 65.6 Å². The molecule has 0 aliphatic heterocycles. The molecule has 2 unspecified atom stereocenters. The summed E-state index contributed by atoms with van der Waals surface area (Å²) in [5, 5.41) is 20.9. The van der Waals surface area contributed by atoms with E-state index in [1.807, 2.05) is 0 Å². The van der Waals surface area contributed by atoms with Crippen molar-refractivity contribution in [1.29, 1.82) is 0 Å². The van der Waals surface area contributed by atoms with E-state index in [2.05, 4.69) is 4.90 Å². The first-order chi connectivity index (χ1) is 15.0. The van der Waals surface area contributed by atoms with Crippen molar-refractivity contribution in [2.45, 2.75) is 18.6 Å². The minimum atomic E-state index is -1.18. The van der Waals surface area contributed by atoms with Crippen LogP contribution >= 0.6 is 23.2 Å². The lowest BCUT2D eigenvalue weighted by atomic mass is 9.80. The lowest BCUT2D eigenvalue weighted by molar-refractivity contribution is 0.0310. The first-order valence-corrected chi connectivity index (χ1v) is 11.3. The van der Waals surface area contributed by atoms with Crippen LogP contribution in [0, 0.1) is 0 Å². The van der Waals surface area contributed by atoms with Gasteiger partial charge in [-0.1, -0.05) is 24.3 Å². The molecule has 0 radical (unpaired) electrons. The fraction of sp³-hybridized carbons (Fsp3) is 0.391. The van der Waals surface area contributed by atoms with Crippen LogP contribution in [0.15, 0.2) is 30.3 Å². The van der Waals surface area contributed by atoms with Crippen LogP contribution in [-0.2, 0) is 6.42 Å². The molecule has 0 bridgehead atoms. The summed E-state index contributed by atoms with van der Waals surface area (Å²) in [5.74, 6) is 0.706. The average molecular weight is 464 g/mol. The van der Waals surface area contributed by atoms with Crippen molar-refractivity contribution in [1.82, 2.24) is 4.90 Å². The monoisotopic (exact) mass is 463 g/mol.